The van der Waals surface area contributed by atoms with Crippen molar-refractivity contribution in [1.29, 1.82) is 0 Å². The summed E-state index contributed by atoms with van der Waals surface area (Å²) in [5.74, 6) is 0.133. The van der Waals surface area contributed by atoms with E-state index in [2.05, 4.69) is 9.71 Å². The van der Waals surface area contributed by atoms with Gasteiger partial charge >= 0.3 is 5.97 Å². The Balaban J connectivity index is 1.45. The van der Waals surface area contributed by atoms with Crippen LogP contribution >= 0.6 is 0 Å². The number of aromatic nitrogens is 1. The monoisotopic (exact) mass is 462 g/mol. The van der Waals surface area contributed by atoms with E-state index in [-0.39, 0.29) is 16.1 Å². The number of hydrogen-bond acceptors (Lipinski definition) is 5. The summed E-state index contributed by atoms with van der Waals surface area (Å²) in [5, 5.41) is 9.26. The first-order valence-corrected chi connectivity index (χ1v) is 11.8. The lowest BCUT2D eigenvalue weighted by molar-refractivity contribution is 0.0698. The van der Waals surface area contributed by atoms with E-state index in [9.17, 15) is 18.3 Å². The van der Waals surface area contributed by atoms with Crippen molar-refractivity contribution in [3.05, 3.63) is 101 Å². The summed E-state index contributed by atoms with van der Waals surface area (Å²) >= 11 is 0. The quantitative estimate of drug-likeness (QED) is 0.384. The number of para-hydroxylation sites is 1. The molecular weight excluding hydrogens is 440 g/mol. The highest BCUT2D eigenvalue weighted by Gasteiger charge is 2.18. The maximum absolute atomic E-state index is 12.7. The van der Waals surface area contributed by atoms with Crippen molar-refractivity contribution < 1.29 is 22.7 Å². The van der Waals surface area contributed by atoms with Gasteiger partial charge in [0, 0.05) is 5.56 Å². The largest absolute Gasteiger partial charge is 0.478 e. The molecule has 168 valence electrons. The number of oxazole rings is 1. The van der Waals surface area contributed by atoms with Crippen molar-refractivity contribution in [3.63, 3.8) is 0 Å². The Hall–Kier alpha value is -3.91. The third-order valence-corrected chi connectivity index (χ3v) is 6.58. The van der Waals surface area contributed by atoms with Crippen LogP contribution in [-0.4, -0.2) is 24.5 Å². The maximum Gasteiger partial charge on any atom is 0.337 e. The second-order valence-electron chi connectivity index (χ2n) is 7.49. The summed E-state index contributed by atoms with van der Waals surface area (Å²) in [4.78, 5) is 16.0. The minimum atomic E-state index is -3.93. The topological polar surface area (TPSA) is 110 Å². The molecule has 4 aromatic rings. The Morgan fingerprint density at radius 3 is 2.30 bits per heavy atom. The van der Waals surface area contributed by atoms with Crippen LogP contribution in [0.3, 0.4) is 0 Å². The Bertz CT molecular complexity index is 1380. The summed E-state index contributed by atoms with van der Waals surface area (Å²) in [6.07, 6.45) is 1.32. The van der Waals surface area contributed by atoms with Crippen molar-refractivity contribution in [2.75, 3.05) is 4.72 Å². The molecule has 0 atom stereocenters. The molecule has 0 aliphatic rings. The zero-order chi connectivity index (χ0) is 23.4. The molecule has 4 rings (SSSR count). The van der Waals surface area contributed by atoms with Gasteiger partial charge in [-0.25, -0.2) is 18.2 Å². The van der Waals surface area contributed by atoms with Gasteiger partial charge < -0.3 is 9.52 Å². The van der Waals surface area contributed by atoms with Crippen LogP contribution in [0.15, 0.2) is 88.2 Å². The number of hydrogen-bond donors (Lipinski definition) is 2. The number of benzene rings is 3. The van der Waals surface area contributed by atoms with Crippen LogP contribution in [0.25, 0.3) is 11.5 Å². The molecule has 0 saturated carbocycles. The number of rotatable bonds is 8. The van der Waals surface area contributed by atoms with Crippen LogP contribution in [0.5, 0.6) is 0 Å². The van der Waals surface area contributed by atoms with E-state index < -0.39 is 16.0 Å². The van der Waals surface area contributed by atoms with Crippen LogP contribution in [0.2, 0.25) is 0 Å². The Morgan fingerprint density at radius 1 is 0.939 bits per heavy atom. The van der Waals surface area contributed by atoms with Crippen molar-refractivity contribution in [3.8, 4) is 11.5 Å². The molecule has 7 nitrogen and oxygen atoms in total. The maximum atomic E-state index is 12.7. The zero-order valence-electron chi connectivity index (χ0n) is 17.9. The second-order valence-corrected chi connectivity index (χ2v) is 9.17. The van der Waals surface area contributed by atoms with Gasteiger partial charge in [-0.3, -0.25) is 4.72 Å². The van der Waals surface area contributed by atoms with E-state index in [1.807, 2.05) is 37.3 Å². The molecule has 0 fully saturated rings. The Kier molecular flexibility index (Phi) is 6.28. The number of aromatic carboxylic acids is 1. The molecule has 0 amide bonds. The number of aryl methyl sites for hydroxylation is 3. The zero-order valence-corrected chi connectivity index (χ0v) is 18.7. The summed E-state index contributed by atoms with van der Waals surface area (Å²) in [5.41, 5.74) is 2.62. The van der Waals surface area contributed by atoms with Gasteiger partial charge in [-0.05, 0) is 61.7 Å². The first-order chi connectivity index (χ1) is 15.8. The third kappa shape index (κ3) is 5.12. The molecule has 8 heteroatoms. The molecule has 0 saturated heterocycles. The highest BCUT2D eigenvalue weighted by Crippen LogP contribution is 2.23. The van der Waals surface area contributed by atoms with Crippen LogP contribution in [0.4, 0.5) is 5.69 Å². The summed E-state index contributed by atoms with van der Waals surface area (Å²) < 4.78 is 33.6. The third-order valence-electron chi connectivity index (χ3n) is 5.20. The average molecular weight is 463 g/mol. The Morgan fingerprint density at radius 2 is 1.61 bits per heavy atom. The average Bonchev–Trinajstić information content (AvgIpc) is 3.19. The number of carbonyl (C=O) groups is 1. The molecule has 0 radical (unpaired) electrons. The predicted octanol–water partition coefficient (Wildman–Crippen LogP) is 4.93. The fourth-order valence-corrected chi connectivity index (χ4v) is 4.50. The number of carboxylic acids is 1. The molecule has 1 aromatic heterocycles. The van der Waals surface area contributed by atoms with E-state index in [1.165, 1.54) is 30.3 Å². The summed E-state index contributed by atoms with van der Waals surface area (Å²) in [6.45, 7) is 1.88. The van der Waals surface area contributed by atoms with Crippen LogP contribution in [0, 0.1) is 6.92 Å². The van der Waals surface area contributed by atoms with Gasteiger partial charge in [0.05, 0.1) is 21.8 Å². The minimum absolute atomic E-state index is 0.0183. The summed E-state index contributed by atoms with van der Waals surface area (Å²) in [7, 11) is -3.93. The standard InChI is InChI=1S/C25H22N2O5S/c1-17-22(26-24(32-17)19-7-3-2-4-8-19)16-13-18-11-14-20(15-12-18)33(30,31)27-23-10-6-5-9-21(23)25(28)29/h2-12,14-15,27H,13,16H2,1H3,(H,28,29). The van der Waals surface area contributed by atoms with Crippen LogP contribution in [-0.2, 0) is 22.9 Å². The lowest BCUT2D eigenvalue weighted by Crippen LogP contribution is -2.15. The number of nitrogens with zero attached hydrogens (tertiary/aromatic N) is 1. The lowest BCUT2D eigenvalue weighted by atomic mass is 10.1. The van der Waals surface area contributed by atoms with Gasteiger partial charge in [0.25, 0.3) is 10.0 Å². The van der Waals surface area contributed by atoms with Crippen molar-refractivity contribution in [2.24, 2.45) is 0 Å². The first kappa shape index (κ1) is 22.3. The second kappa shape index (κ2) is 9.30. The molecule has 0 bridgehead atoms. The van der Waals surface area contributed by atoms with Gasteiger partial charge in [0.1, 0.15) is 5.76 Å². The van der Waals surface area contributed by atoms with Crippen LogP contribution in [0.1, 0.15) is 27.4 Å². The highest BCUT2D eigenvalue weighted by atomic mass is 32.2. The van der Waals surface area contributed by atoms with E-state index >= 15 is 0 Å². The number of carboxylic acid groups (broad SMARTS) is 1. The van der Waals surface area contributed by atoms with E-state index in [4.69, 9.17) is 4.42 Å². The molecule has 0 aliphatic carbocycles. The molecule has 3 aromatic carbocycles. The van der Waals surface area contributed by atoms with Crippen molar-refractivity contribution in [1.82, 2.24) is 4.98 Å². The van der Waals surface area contributed by atoms with E-state index in [0.29, 0.717) is 18.7 Å². The van der Waals surface area contributed by atoms with Crippen molar-refractivity contribution >= 4 is 21.7 Å². The van der Waals surface area contributed by atoms with Gasteiger partial charge in [0.2, 0.25) is 5.89 Å². The SMILES string of the molecule is Cc1oc(-c2ccccc2)nc1CCc1ccc(S(=O)(=O)Nc2ccccc2C(=O)O)cc1. The number of nitrogens with one attached hydrogen (secondary N) is 1. The summed E-state index contributed by atoms with van der Waals surface area (Å²) in [6, 6.07) is 22.0. The smallest absolute Gasteiger partial charge is 0.337 e. The molecular formula is C25H22N2O5S. The highest BCUT2D eigenvalue weighted by molar-refractivity contribution is 7.92. The van der Waals surface area contributed by atoms with Gasteiger partial charge in [-0.2, -0.15) is 0 Å². The molecule has 0 unspecified atom stereocenters. The number of anilines is 1. The van der Waals surface area contributed by atoms with Gasteiger partial charge in [-0.1, -0.05) is 42.5 Å². The predicted molar refractivity (Wildman–Crippen MR) is 125 cm³/mol. The Labute approximate surface area is 191 Å². The fraction of sp³-hybridized carbons (Fsp3) is 0.120. The van der Waals surface area contributed by atoms with Crippen LogP contribution < -0.4 is 4.72 Å². The fourth-order valence-electron chi connectivity index (χ4n) is 3.42. The van der Waals surface area contributed by atoms with Gasteiger partial charge in [0.15, 0.2) is 0 Å². The van der Waals surface area contributed by atoms with Crippen molar-refractivity contribution in [2.45, 2.75) is 24.7 Å². The lowest BCUT2D eigenvalue weighted by Gasteiger charge is -2.11. The molecule has 2 N–H and O–H groups in total. The molecule has 33 heavy (non-hydrogen) atoms. The first-order valence-electron chi connectivity index (χ1n) is 10.3. The van der Waals surface area contributed by atoms with E-state index in [0.717, 1.165) is 22.6 Å². The molecule has 0 spiro atoms. The van der Waals surface area contributed by atoms with Gasteiger partial charge in [-0.15, -0.1) is 0 Å². The normalized spacial score (nSPS) is 11.3. The molecule has 1 heterocycles. The minimum Gasteiger partial charge on any atom is -0.478 e. The number of sulfonamides is 1. The van der Waals surface area contributed by atoms with E-state index in [1.54, 1.807) is 18.2 Å². The molecule has 0 aliphatic heterocycles.